The third-order valence-electron chi connectivity index (χ3n) is 3.13. The predicted octanol–water partition coefficient (Wildman–Crippen LogP) is -0.279. The van der Waals surface area contributed by atoms with Gasteiger partial charge in [0.1, 0.15) is 0 Å². The van der Waals surface area contributed by atoms with Crippen molar-refractivity contribution in [1.82, 2.24) is 9.62 Å². The third kappa shape index (κ3) is 3.40. The number of aliphatic carboxylic acids is 1. The topological polar surface area (TPSA) is 86.7 Å². The number of hydrogen-bond donors (Lipinski definition) is 2. The number of piperidine rings is 1. The Morgan fingerprint density at radius 1 is 1.59 bits per heavy atom. The summed E-state index contributed by atoms with van der Waals surface area (Å²) in [6.07, 6.45) is 1.77. The fourth-order valence-corrected chi connectivity index (χ4v) is 3.57. The van der Waals surface area contributed by atoms with Crippen molar-refractivity contribution in [2.45, 2.75) is 25.0 Å². The number of hydrogen-bond acceptors (Lipinski definition) is 4. The maximum atomic E-state index is 12.0. The van der Waals surface area contributed by atoms with Crippen LogP contribution in [0.5, 0.6) is 0 Å². The van der Waals surface area contributed by atoms with E-state index >= 15 is 0 Å². The van der Waals surface area contributed by atoms with Gasteiger partial charge >= 0.3 is 5.97 Å². The summed E-state index contributed by atoms with van der Waals surface area (Å²) in [7, 11) is -1.88. The van der Waals surface area contributed by atoms with Crippen LogP contribution in [-0.2, 0) is 14.8 Å². The summed E-state index contributed by atoms with van der Waals surface area (Å²) in [5.41, 5.74) is 0. The summed E-state index contributed by atoms with van der Waals surface area (Å²) in [4.78, 5) is 10.8. The highest BCUT2D eigenvalue weighted by Crippen LogP contribution is 2.21. The standard InChI is InChI=1S/C10H20N2O4S/c1-8(10(13)14)17(15,16)12-5-3-4-9(7-12)6-11-2/h8-9,11H,3-7H2,1-2H3,(H,13,14). The van der Waals surface area contributed by atoms with Crippen LogP contribution in [0.4, 0.5) is 0 Å². The second-order valence-electron chi connectivity index (χ2n) is 4.45. The van der Waals surface area contributed by atoms with Crippen molar-refractivity contribution in [3.8, 4) is 0 Å². The molecule has 17 heavy (non-hydrogen) atoms. The number of nitrogens with one attached hydrogen (secondary N) is 1. The summed E-state index contributed by atoms with van der Waals surface area (Å²) < 4.78 is 25.3. The van der Waals surface area contributed by atoms with Gasteiger partial charge in [0, 0.05) is 13.1 Å². The lowest BCUT2D eigenvalue weighted by Crippen LogP contribution is -2.47. The molecule has 1 fully saturated rings. The summed E-state index contributed by atoms with van der Waals surface area (Å²) in [5.74, 6) is -1.02. The van der Waals surface area contributed by atoms with Gasteiger partial charge in [0.15, 0.2) is 5.25 Å². The van der Waals surface area contributed by atoms with Crippen molar-refractivity contribution in [3.63, 3.8) is 0 Å². The zero-order chi connectivity index (χ0) is 13.1. The Morgan fingerprint density at radius 2 is 2.24 bits per heavy atom. The molecule has 2 atom stereocenters. The van der Waals surface area contributed by atoms with Crippen molar-refractivity contribution >= 4 is 16.0 Å². The number of sulfonamides is 1. The normalized spacial score (nSPS) is 24.5. The second kappa shape index (κ2) is 5.79. The fraction of sp³-hybridized carbons (Fsp3) is 0.900. The third-order valence-corrected chi connectivity index (χ3v) is 5.28. The Hall–Kier alpha value is -0.660. The Labute approximate surface area is 102 Å². The van der Waals surface area contributed by atoms with E-state index in [4.69, 9.17) is 5.11 Å². The number of carbonyl (C=O) groups is 1. The minimum Gasteiger partial charge on any atom is -0.480 e. The average molecular weight is 264 g/mol. The smallest absolute Gasteiger partial charge is 0.323 e. The van der Waals surface area contributed by atoms with Gasteiger partial charge < -0.3 is 10.4 Å². The maximum Gasteiger partial charge on any atom is 0.323 e. The molecular weight excluding hydrogens is 244 g/mol. The molecular formula is C10H20N2O4S. The quantitative estimate of drug-likeness (QED) is 0.713. The number of carboxylic acid groups (broad SMARTS) is 1. The molecule has 1 aliphatic heterocycles. The Morgan fingerprint density at radius 3 is 2.76 bits per heavy atom. The van der Waals surface area contributed by atoms with Crippen molar-refractivity contribution in [1.29, 1.82) is 0 Å². The van der Waals surface area contributed by atoms with Crippen LogP contribution in [0.25, 0.3) is 0 Å². The van der Waals surface area contributed by atoms with Crippen molar-refractivity contribution in [2.24, 2.45) is 5.92 Å². The van der Waals surface area contributed by atoms with Crippen LogP contribution in [0.2, 0.25) is 0 Å². The summed E-state index contributed by atoms with van der Waals surface area (Å²) >= 11 is 0. The number of nitrogens with zero attached hydrogens (tertiary/aromatic N) is 1. The highest BCUT2D eigenvalue weighted by molar-refractivity contribution is 7.90. The molecule has 0 spiro atoms. The van der Waals surface area contributed by atoms with E-state index < -0.39 is 21.2 Å². The first-order chi connectivity index (χ1) is 7.89. The van der Waals surface area contributed by atoms with Crippen LogP contribution in [0.3, 0.4) is 0 Å². The minimum absolute atomic E-state index is 0.268. The van der Waals surface area contributed by atoms with Gasteiger partial charge in [0.25, 0.3) is 0 Å². The largest absolute Gasteiger partial charge is 0.480 e. The summed E-state index contributed by atoms with van der Waals surface area (Å²) in [5, 5.41) is 10.5. The highest BCUT2D eigenvalue weighted by atomic mass is 32.2. The predicted molar refractivity (Wildman–Crippen MR) is 64.2 cm³/mol. The van der Waals surface area contributed by atoms with Crippen LogP contribution in [0.15, 0.2) is 0 Å². The van der Waals surface area contributed by atoms with Crippen LogP contribution >= 0.6 is 0 Å². The van der Waals surface area contributed by atoms with E-state index in [1.807, 2.05) is 7.05 Å². The lowest BCUT2D eigenvalue weighted by atomic mass is 10.00. The first-order valence-corrected chi connectivity index (χ1v) is 7.26. The van der Waals surface area contributed by atoms with Crippen LogP contribution in [0.1, 0.15) is 19.8 Å². The molecule has 2 N–H and O–H groups in total. The zero-order valence-electron chi connectivity index (χ0n) is 10.2. The van der Waals surface area contributed by atoms with E-state index in [0.717, 1.165) is 19.4 Å². The van der Waals surface area contributed by atoms with Crippen molar-refractivity contribution < 1.29 is 18.3 Å². The molecule has 0 aliphatic carbocycles. The molecule has 0 aromatic carbocycles. The van der Waals surface area contributed by atoms with Crippen LogP contribution in [0, 0.1) is 5.92 Å². The molecule has 1 heterocycles. The molecule has 100 valence electrons. The number of rotatable bonds is 5. The van der Waals surface area contributed by atoms with Crippen LogP contribution < -0.4 is 5.32 Å². The van der Waals surface area contributed by atoms with E-state index in [2.05, 4.69) is 5.32 Å². The SMILES string of the molecule is CNCC1CCCN(S(=O)(=O)C(C)C(=O)O)C1. The van der Waals surface area contributed by atoms with Gasteiger partial charge in [-0.1, -0.05) is 0 Å². The lowest BCUT2D eigenvalue weighted by Gasteiger charge is -2.32. The molecule has 1 rings (SSSR count). The van der Waals surface area contributed by atoms with Gasteiger partial charge in [-0.2, -0.15) is 0 Å². The molecule has 0 amide bonds. The molecule has 1 saturated heterocycles. The van der Waals surface area contributed by atoms with Gasteiger partial charge in [0.05, 0.1) is 0 Å². The summed E-state index contributed by atoms with van der Waals surface area (Å²) in [6.45, 7) is 2.83. The number of carboxylic acids is 1. The van der Waals surface area contributed by atoms with Crippen LogP contribution in [-0.4, -0.2) is 55.7 Å². The Balaban J connectivity index is 2.75. The maximum absolute atomic E-state index is 12.0. The molecule has 6 nitrogen and oxygen atoms in total. The first kappa shape index (κ1) is 14.4. The molecule has 0 radical (unpaired) electrons. The zero-order valence-corrected chi connectivity index (χ0v) is 11.0. The van der Waals surface area contributed by atoms with Gasteiger partial charge in [-0.3, -0.25) is 4.79 Å². The van der Waals surface area contributed by atoms with Crippen molar-refractivity contribution in [3.05, 3.63) is 0 Å². The molecule has 0 aromatic rings. The van der Waals surface area contributed by atoms with Gasteiger partial charge in [-0.25, -0.2) is 12.7 Å². The van der Waals surface area contributed by atoms with E-state index in [1.54, 1.807) is 0 Å². The highest BCUT2D eigenvalue weighted by Gasteiger charge is 2.36. The second-order valence-corrected chi connectivity index (χ2v) is 6.70. The molecule has 0 bridgehead atoms. The molecule has 0 aromatic heterocycles. The van der Waals surface area contributed by atoms with E-state index in [1.165, 1.54) is 11.2 Å². The monoisotopic (exact) mass is 264 g/mol. The van der Waals surface area contributed by atoms with E-state index in [9.17, 15) is 13.2 Å². The average Bonchev–Trinajstić information content (AvgIpc) is 2.28. The summed E-state index contributed by atoms with van der Waals surface area (Å²) in [6, 6.07) is 0. The Kier molecular flexibility index (Phi) is 4.91. The molecule has 1 aliphatic rings. The van der Waals surface area contributed by atoms with Gasteiger partial charge in [0.2, 0.25) is 10.0 Å². The molecule has 7 heteroatoms. The first-order valence-electron chi connectivity index (χ1n) is 5.76. The molecule has 2 unspecified atom stereocenters. The fourth-order valence-electron chi connectivity index (χ4n) is 2.06. The van der Waals surface area contributed by atoms with Crippen molar-refractivity contribution in [2.75, 3.05) is 26.7 Å². The van der Waals surface area contributed by atoms with Gasteiger partial charge in [-0.15, -0.1) is 0 Å². The minimum atomic E-state index is -3.71. The van der Waals surface area contributed by atoms with Gasteiger partial charge in [-0.05, 0) is 39.3 Å². The van der Waals surface area contributed by atoms with E-state index in [0.29, 0.717) is 13.1 Å². The molecule has 0 saturated carbocycles. The lowest BCUT2D eigenvalue weighted by molar-refractivity contribution is -0.136. The van der Waals surface area contributed by atoms with E-state index in [-0.39, 0.29) is 5.92 Å². The Bertz CT molecular complexity index is 367.